The smallest absolute Gasteiger partial charge is 0.401 e. The Balaban J connectivity index is 1.84. The molecular weight excluding hydrogens is 494 g/mol. The van der Waals surface area contributed by atoms with Gasteiger partial charge in [0.15, 0.2) is 0 Å². The van der Waals surface area contributed by atoms with Gasteiger partial charge in [0.05, 0.1) is 22.4 Å². The molecule has 0 fully saturated rings. The van der Waals surface area contributed by atoms with E-state index in [0.29, 0.717) is 0 Å². The summed E-state index contributed by atoms with van der Waals surface area (Å²) < 4.78 is 87.2. The van der Waals surface area contributed by atoms with Gasteiger partial charge in [-0.15, -0.1) is 10.2 Å². The van der Waals surface area contributed by atoms with Crippen LogP contribution in [0.3, 0.4) is 0 Å². The number of esters is 1. The van der Waals surface area contributed by atoms with Crippen molar-refractivity contribution in [3.63, 3.8) is 0 Å². The predicted molar refractivity (Wildman–Crippen MR) is 113 cm³/mol. The van der Waals surface area contributed by atoms with Gasteiger partial charge in [0, 0.05) is 31.8 Å². The van der Waals surface area contributed by atoms with E-state index in [2.05, 4.69) is 20.5 Å². The summed E-state index contributed by atoms with van der Waals surface area (Å²) in [6, 6.07) is 7.46. The van der Waals surface area contributed by atoms with E-state index in [9.17, 15) is 31.1 Å². The second-order valence-corrected chi connectivity index (χ2v) is 7.61. The Morgan fingerprint density at radius 3 is 2.36 bits per heavy atom. The summed E-state index contributed by atoms with van der Waals surface area (Å²) in [5.41, 5.74) is -1.90. The van der Waals surface area contributed by atoms with Crippen LogP contribution < -0.4 is 10.00 Å². The lowest BCUT2D eigenvalue weighted by Gasteiger charge is -2.13. The summed E-state index contributed by atoms with van der Waals surface area (Å²) in [7, 11) is 0. The number of benzene rings is 1. The standard InChI is InChI=1S/C22H16F6N6O2/c1-12(36-13(2)35)33-11-14(19-17(22(26,27)28)4-3-9-29-19)10-18-31-32-20(34(18)33)30-16-7-5-15(6-8-16)21(23,24)25/h3-12H,1-2H3/p+1. The van der Waals surface area contributed by atoms with E-state index in [4.69, 9.17) is 4.74 Å². The molecule has 4 aromatic rings. The highest BCUT2D eigenvalue weighted by molar-refractivity contribution is 5.67. The van der Waals surface area contributed by atoms with Gasteiger partial charge in [0.1, 0.15) is 0 Å². The van der Waals surface area contributed by atoms with Gasteiger partial charge in [-0.25, -0.2) is 0 Å². The summed E-state index contributed by atoms with van der Waals surface area (Å²) in [6.45, 7) is 2.63. The molecule has 0 amide bonds. The van der Waals surface area contributed by atoms with Crippen LogP contribution in [0.25, 0.3) is 16.9 Å². The number of pyridine rings is 1. The molecule has 0 saturated carbocycles. The maximum Gasteiger partial charge on any atom is 0.418 e. The second-order valence-electron chi connectivity index (χ2n) is 7.61. The number of carbonyl (C=O) groups is 1. The highest BCUT2D eigenvalue weighted by Gasteiger charge is 2.36. The van der Waals surface area contributed by atoms with Gasteiger partial charge in [-0.2, -0.15) is 26.3 Å². The van der Waals surface area contributed by atoms with Crippen LogP contribution in [0.15, 0.2) is 54.9 Å². The molecule has 14 heteroatoms. The Bertz CT molecular complexity index is 1420. The topological polar surface area (TPSA) is 85.3 Å². The molecule has 8 nitrogen and oxygen atoms in total. The molecule has 0 spiro atoms. The average molecular weight is 511 g/mol. The van der Waals surface area contributed by atoms with E-state index in [-0.39, 0.29) is 28.5 Å². The molecule has 188 valence electrons. The van der Waals surface area contributed by atoms with Crippen LogP contribution in [0, 0.1) is 0 Å². The van der Waals surface area contributed by atoms with Crippen LogP contribution in [-0.4, -0.2) is 25.7 Å². The molecular formula is C22H17F6N6O2+. The lowest BCUT2D eigenvalue weighted by Crippen LogP contribution is -2.47. The van der Waals surface area contributed by atoms with Crippen molar-refractivity contribution in [2.24, 2.45) is 0 Å². The fraction of sp³-hybridized carbons (Fsp3) is 0.227. The maximum absolute atomic E-state index is 13.6. The number of alkyl halides is 6. The third kappa shape index (κ3) is 5.06. The Hall–Kier alpha value is -4.23. The first-order valence-electron chi connectivity index (χ1n) is 10.3. The number of anilines is 2. The van der Waals surface area contributed by atoms with Gasteiger partial charge in [0.25, 0.3) is 5.95 Å². The summed E-state index contributed by atoms with van der Waals surface area (Å²) >= 11 is 0. The first kappa shape index (κ1) is 24.9. The van der Waals surface area contributed by atoms with Crippen molar-refractivity contribution >= 4 is 23.3 Å². The normalized spacial score (nSPS) is 13.0. The minimum atomic E-state index is -4.69. The van der Waals surface area contributed by atoms with E-state index in [1.54, 1.807) is 0 Å². The SMILES string of the molecule is CC(=O)OC(C)[n+]1cc(-c2ncccc2C(F)(F)F)cc2nnc(Nc3ccc(C(F)(F)F)cc3)n21. The van der Waals surface area contributed by atoms with Crippen LogP contribution in [-0.2, 0) is 21.9 Å². The molecule has 0 saturated heterocycles. The van der Waals surface area contributed by atoms with Crippen LogP contribution in [0.4, 0.5) is 38.0 Å². The van der Waals surface area contributed by atoms with Crippen molar-refractivity contribution in [3.05, 3.63) is 66.0 Å². The summed E-state index contributed by atoms with van der Waals surface area (Å²) in [5.74, 6) is -0.653. The quantitative estimate of drug-likeness (QED) is 0.232. The van der Waals surface area contributed by atoms with E-state index in [0.717, 1.165) is 31.2 Å². The van der Waals surface area contributed by atoms with E-state index < -0.39 is 35.7 Å². The fourth-order valence-electron chi connectivity index (χ4n) is 3.49. The molecule has 3 heterocycles. The van der Waals surface area contributed by atoms with Gasteiger partial charge < -0.3 is 10.1 Å². The lowest BCUT2D eigenvalue weighted by atomic mass is 10.1. The molecule has 1 atom stereocenters. The van der Waals surface area contributed by atoms with Gasteiger partial charge in [-0.05, 0) is 36.4 Å². The molecule has 1 unspecified atom stereocenters. The molecule has 0 aliphatic carbocycles. The Morgan fingerprint density at radius 2 is 1.75 bits per heavy atom. The monoisotopic (exact) mass is 511 g/mol. The van der Waals surface area contributed by atoms with Gasteiger partial charge in [0.2, 0.25) is 11.8 Å². The zero-order valence-electron chi connectivity index (χ0n) is 18.6. The molecule has 0 bridgehead atoms. The third-order valence-electron chi connectivity index (χ3n) is 5.02. The zero-order valence-corrected chi connectivity index (χ0v) is 18.6. The summed E-state index contributed by atoms with van der Waals surface area (Å²) in [6.07, 6.45) is -7.76. The van der Waals surface area contributed by atoms with Crippen molar-refractivity contribution < 1.29 is 40.6 Å². The molecule has 3 aromatic heterocycles. The first-order chi connectivity index (χ1) is 16.8. The summed E-state index contributed by atoms with van der Waals surface area (Å²) in [5, 5.41) is 10.8. The molecule has 1 aromatic carbocycles. The number of rotatable bonds is 5. The van der Waals surface area contributed by atoms with Gasteiger partial charge >= 0.3 is 24.5 Å². The number of fused-ring (bicyclic) bond motifs is 1. The summed E-state index contributed by atoms with van der Waals surface area (Å²) in [4.78, 5) is 15.5. The molecule has 4 rings (SSSR count). The Morgan fingerprint density at radius 1 is 1.06 bits per heavy atom. The number of halogens is 6. The largest absolute Gasteiger partial charge is 0.418 e. The van der Waals surface area contributed by atoms with Crippen LogP contribution in [0.2, 0.25) is 0 Å². The van der Waals surface area contributed by atoms with Gasteiger partial charge in [-0.1, -0.05) is 9.20 Å². The van der Waals surface area contributed by atoms with Crippen molar-refractivity contribution in [1.82, 2.24) is 19.7 Å². The van der Waals surface area contributed by atoms with Crippen LogP contribution in [0.5, 0.6) is 0 Å². The third-order valence-corrected chi connectivity index (χ3v) is 5.02. The number of nitrogens with one attached hydrogen (secondary N) is 1. The second kappa shape index (κ2) is 9.09. The lowest BCUT2D eigenvalue weighted by molar-refractivity contribution is -0.811. The predicted octanol–water partition coefficient (Wildman–Crippen LogP) is 4.94. The van der Waals surface area contributed by atoms with Crippen molar-refractivity contribution in [3.8, 4) is 11.3 Å². The number of hydrogen-bond acceptors (Lipinski definition) is 6. The molecule has 36 heavy (non-hydrogen) atoms. The number of ether oxygens (including phenoxy) is 1. The Labute approximate surface area is 199 Å². The van der Waals surface area contributed by atoms with Crippen LogP contribution in [0.1, 0.15) is 31.2 Å². The highest BCUT2D eigenvalue weighted by atomic mass is 19.4. The molecule has 0 radical (unpaired) electrons. The van der Waals surface area contributed by atoms with E-state index in [1.807, 2.05) is 0 Å². The zero-order chi connectivity index (χ0) is 26.3. The van der Waals surface area contributed by atoms with Crippen molar-refractivity contribution in [2.45, 2.75) is 32.4 Å². The highest BCUT2D eigenvalue weighted by Crippen LogP contribution is 2.36. The molecule has 0 aliphatic heterocycles. The number of nitrogens with zero attached hydrogens (tertiary/aromatic N) is 5. The van der Waals surface area contributed by atoms with Crippen molar-refractivity contribution in [1.29, 1.82) is 0 Å². The minimum absolute atomic E-state index is 0.00683. The van der Waals surface area contributed by atoms with E-state index in [1.165, 1.54) is 46.7 Å². The average Bonchev–Trinajstić information content (AvgIpc) is 3.20. The molecule has 1 N–H and O–H groups in total. The number of carbonyl (C=O) groups excluding carboxylic acids is 1. The van der Waals surface area contributed by atoms with Crippen molar-refractivity contribution in [2.75, 3.05) is 5.32 Å². The van der Waals surface area contributed by atoms with E-state index >= 15 is 0 Å². The van der Waals surface area contributed by atoms with Crippen LogP contribution >= 0.6 is 0 Å². The first-order valence-corrected chi connectivity index (χ1v) is 10.3. The Kier molecular flexibility index (Phi) is 6.28. The maximum atomic E-state index is 13.6. The number of hydrogen-bond donors (Lipinski definition) is 1. The number of aromatic nitrogens is 5. The molecule has 0 aliphatic rings. The minimum Gasteiger partial charge on any atom is -0.401 e. The van der Waals surface area contributed by atoms with Gasteiger partial charge in [-0.3, -0.25) is 9.78 Å². The fourth-order valence-corrected chi connectivity index (χ4v) is 3.49.